The van der Waals surface area contributed by atoms with Crippen LogP contribution in [0.1, 0.15) is 36.9 Å². The number of nitrogens with one attached hydrogen (secondary N) is 1. The lowest BCUT2D eigenvalue weighted by Gasteiger charge is -2.11. The first-order valence-corrected chi connectivity index (χ1v) is 5.17. The molecule has 1 heterocycles. The molecule has 76 valence electrons. The van der Waals surface area contributed by atoms with E-state index in [0.29, 0.717) is 12.0 Å². The molecule has 2 nitrogen and oxygen atoms in total. The number of fused-ring (bicyclic) bond motifs is 1. The Bertz CT molecular complexity index is 333. The van der Waals surface area contributed by atoms with Gasteiger partial charge in [-0.15, -0.1) is 0 Å². The van der Waals surface area contributed by atoms with E-state index in [2.05, 4.69) is 37.4 Å². The van der Waals surface area contributed by atoms with Crippen molar-refractivity contribution in [3.8, 4) is 5.75 Å². The second-order valence-electron chi connectivity index (χ2n) is 4.07. The summed E-state index contributed by atoms with van der Waals surface area (Å²) in [5.41, 5.74) is 2.62. The predicted octanol–water partition coefficient (Wildman–Crippen LogP) is 2.46. The van der Waals surface area contributed by atoms with Gasteiger partial charge in [-0.1, -0.05) is 32.0 Å². The first kappa shape index (κ1) is 9.53. The molecule has 2 rings (SSSR count). The van der Waals surface area contributed by atoms with Gasteiger partial charge in [-0.3, -0.25) is 0 Å². The van der Waals surface area contributed by atoms with Crippen molar-refractivity contribution in [2.75, 3.05) is 13.7 Å². The largest absolute Gasteiger partial charge is 0.491 e. The first-order valence-electron chi connectivity index (χ1n) is 5.17. The van der Waals surface area contributed by atoms with Crippen LogP contribution >= 0.6 is 0 Å². The number of hydrogen-bond acceptors (Lipinski definition) is 2. The van der Waals surface area contributed by atoms with Crippen LogP contribution in [0.2, 0.25) is 0 Å². The standard InChI is InChI=1S/C12H17NO/c1-8(2)9-5-4-6-10-11(13-3)7-14-12(9)10/h4-6,8,11,13H,7H2,1-3H3. The summed E-state index contributed by atoms with van der Waals surface area (Å²) in [6, 6.07) is 6.79. The molecule has 1 unspecified atom stereocenters. The Morgan fingerprint density at radius 2 is 2.21 bits per heavy atom. The third kappa shape index (κ3) is 1.40. The molecule has 2 heteroatoms. The van der Waals surface area contributed by atoms with Crippen LogP contribution in [0.15, 0.2) is 18.2 Å². The highest BCUT2D eigenvalue weighted by Gasteiger charge is 2.25. The van der Waals surface area contributed by atoms with E-state index in [1.807, 2.05) is 7.05 Å². The van der Waals surface area contributed by atoms with E-state index in [0.717, 1.165) is 12.4 Å². The van der Waals surface area contributed by atoms with Gasteiger partial charge >= 0.3 is 0 Å². The maximum atomic E-state index is 5.73. The van der Waals surface area contributed by atoms with Crippen molar-refractivity contribution in [2.24, 2.45) is 0 Å². The molecule has 1 aromatic carbocycles. The van der Waals surface area contributed by atoms with Gasteiger partial charge in [-0.2, -0.15) is 0 Å². The Labute approximate surface area is 85.3 Å². The topological polar surface area (TPSA) is 21.3 Å². The van der Waals surface area contributed by atoms with E-state index < -0.39 is 0 Å². The van der Waals surface area contributed by atoms with E-state index in [4.69, 9.17) is 4.74 Å². The molecule has 0 spiro atoms. The zero-order chi connectivity index (χ0) is 10.1. The molecule has 1 aromatic rings. The average Bonchev–Trinajstić information content (AvgIpc) is 2.59. The molecule has 0 fully saturated rings. The van der Waals surface area contributed by atoms with Crippen molar-refractivity contribution in [3.05, 3.63) is 29.3 Å². The van der Waals surface area contributed by atoms with Crippen molar-refractivity contribution in [1.82, 2.24) is 5.32 Å². The highest BCUT2D eigenvalue weighted by atomic mass is 16.5. The van der Waals surface area contributed by atoms with Gasteiger partial charge in [-0.25, -0.2) is 0 Å². The molecular formula is C12H17NO. The molecule has 1 N–H and O–H groups in total. The zero-order valence-corrected chi connectivity index (χ0v) is 9.00. The van der Waals surface area contributed by atoms with Gasteiger partial charge in [0.05, 0.1) is 6.04 Å². The number of para-hydroxylation sites is 1. The van der Waals surface area contributed by atoms with Crippen molar-refractivity contribution in [1.29, 1.82) is 0 Å². The van der Waals surface area contributed by atoms with Crippen molar-refractivity contribution < 1.29 is 4.74 Å². The molecule has 0 radical (unpaired) electrons. The van der Waals surface area contributed by atoms with E-state index in [9.17, 15) is 0 Å². The quantitative estimate of drug-likeness (QED) is 0.775. The normalized spacial score (nSPS) is 19.6. The molecule has 0 saturated heterocycles. The number of benzene rings is 1. The SMILES string of the molecule is CNC1COc2c(C(C)C)cccc21. The van der Waals surface area contributed by atoms with Gasteiger partial charge in [0.1, 0.15) is 12.4 Å². The van der Waals surface area contributed by atoms with E-state index in [1.165, 1.54) is 11.1 Å². The Kier molecular flexibility index (Phi) is 2.46. The molecule has 0 aliphatic carbocycles. The number of likely N-dealkylation sites (N-methyl/N-ethyl adjacent to an activating group) is 1. The Hall–Kier alpha value is -1.02. The molecule has 1 aliphatic heterocycles. The van der Waals surface area contributed by atoms with Crippen LogP contribution in [0.5, 0.6) is 5.75 Å². The van der Waals surface area contributed by atoms with Crippen LogP contribution in [0.4, 0.5) is 0 Å². The average molecular weight is 191 g/mol. The summed E-state index contributed by atoms with van der Waals surface area (Å²) in [7, 11) is 1.98. The Morgan fingerprint density at radius 1 is 1.43 bits per heavy atom. The highest BCUT2D eigenvalue weighted by Crippen LogP contribution is 2.38. The summed E-state index contributed by atoms with van der Waals surface area (Å²) >= 11 is 0. The molecule has 0 saturated carbocycles. The summed E-state index contributed by atoms with van der Waals surface area (Å²) in [4.78, 5) is 0. The molecule has 1 atom stereocenters. The maximum Gasteiger partial charge on any atom is 0.127 e. The monoisotopic (exact) mass is 191 g/mol. The van der Waals surface area contributed by atoms with Crippen LogP contribution in [0.25, 0.3) is 0 Å². The van der Waals surface area contributed by atoms with Crippen LogP contribution in [0, 0.1) is 0 Å². The lowest BCUT2D eigenvalue weighted by Crippen LogP contribution is -2.16. The molecule has 0 amide bonds. The smallest absolute Gasteiger partial charge is 0.127 e. The van der Waals surface area contributed by atoms with Gasteiger partial charge in [-0.05, 0) is 18.5 Å². The second-order valence-corrected chi connectivity index (χ2v) is 4.07. The molecule has 14 heavy (non-hydrogen) atoms. The minimum absolute atomic E-state index is 0.365. The number of hydrogen-bond donors (Lipinski definition) is 1. The fourth-order valence-electron chi connectivity index (χ4n) is 1.96. The Balaban J connectivity index is 2.44. The van der Waals surface area contributed by atoms with Crippen LogP contribution in [0.3, 0.4) is 0 Å². The molecular weight excluding hydrogens is 174 g/mol. The lowest BCUT2D eigenvalue weighted by molar-refractivity contribution is 0.315. The third-order valence-electron chi connectivity index (χ3n) is 2.82. The van der Waals surface area contributed by atoms with Crippen LogP contribution in [-0.2, 0) is 0 Å². The highest BCUT2D eigenvalue weighted by molar-refractivity contribution is 5.47. The van der Waals surface area contributed by atoms with Gasteiger partial charge in [0.2, 0.25) is 0 Å². The maximum absolute atomic E-state index is 5.73. The van der Waals surface area contributed by atoms with Crippen molar-refractivity contribution >= 4 is 0 Å². The summed E-state index contributed by atoms with van der Waals surface area (Å²) < 4.78 is 5.73. The third-order valence-corrected chi connectivity index (χ3v) is 2.82. The Morgan fingerprint density at radius 3 is 2.86 bits per heavy atom. The summed E-state index contributed by atoms with van der Waals surface area (Å²) in [6.45, 7) is 5.16. The number of ether oxygens (including phenoxy) is 1. The summed E-state index contributed by atoms with van der Waals surface area (Å²) in [6.07, 6.45) is 0. The second kappa shape index (κ2) is 3.62. The molecule has 1 aliphatic rings. The fourth-order valence-corrected chi connectivity index (χ4v) is 1.96. The minimum atomic E-state index is 0.365. The fraction of sp³-hybridized carbons (Fsp3) is 0.500. The van der Waals surface area contributed by atoms with Crippen molar-refractivity contribution in [3.63, 3.8) is 0 Å². The van der Waals surface area contributed by atoms with Crippen LogP contribution in [-0.4, -0.2) is 13.7 Å². The van der Waals surface area contributed by atoms with Crippen molar-refractivity contribution in [2.45, 2.75) is 25.8 Å². The molecule has 0 bridgehead atoms. The summed E-state index contributed by atoms with van der Waals surface area (Å²) in [5.74, 6) is 1.63. The van der Waals surface area contributed by atoms with E-state index in [1.54, 1.807) is 0 Å². The van der Waals surface area contributed by atoms with E-state index in [-0.39, 0.29) is 0 Å². The van der Waals surface area contributed by atoms with Crippen LogP contribution < -0.4 is 10.1 Å². The first-order chi connectivity index (χ1) is 6.74. The van der Waals surface area contributed by atoms with Gasteiger partial charge in [0.15, 0.2) is 0 Å². The minimum Gasteiger partial charge on any atom is -0.491 e. The summed E-state index contributed by atoms with van der Waals surface area (Å²) in [5, 5.41) is 3.26. The molecule has 0 aromatic heterocycles. The number of rotatable bonds is 2. The van der Waals surface area contributed by atoms with Gasteiger partial charge in [0.25, 0.3) is 0 Å². The zero-order valence-electron chi connectivity index (χ0n) is 9.00. The van der Waals surface area contributed by atoms with E-state index >= 15 is 0 Å². The lowest BCUT2D eigenvalue weighted by atomic mass is 9.98. The van der Waals surface area contributed by atoms with Gasteiger partial charge in [0, 0.05) is 5.56 Å². The predicted molar refractivity (Wildman–Crippen MR) is 57.8 cm³/mol. The van der Waals surface area contributed by atoms with Gasteiger partial charge < -0.3 is 10.1 Å².